The Labute approximate surface area is 156 Å². The molecule has 0 aliphatic rings. The van der Waals surface area contributed by atoms with Crippen LogP contribution in [0.2, 0.25) is 0 Å². The van der Waals surface area contributed by atoms with Gasteiger partial charge in [-0.15, -0.1) is 0 Å². The van der Waals surface area contributed by atoms with Crippen LogP contribution in [0.25, 0.3) is 0 Å². The summed E-state index contributed by atoms with van der Waals surface area (Å²) in [7, 11) is 0. The van der Waals surface area contributed by atoms with E-state index in [-0.39, 0.29) is 11.4 Å². The molecule has 3 aromatic rings. The van der Waals surface area contributed by atoms with Crippen molar-refractivity contribution in [3.05, 3.63) is 111 Å². The third-order valence-electron chi connectivity index (χ3n) is 3.15. The lowest BCUT2D eigenvalue weighted by molar-refractivity contribution is -0.385. The molecule has 0 saturated carbocycles. The van der Waals surface area contributed by atoms with Gasteiger partial charge < -0.3 is 0 Å². The van der Waals surface area contributed by atoms with Crippen LogP contribution in [0.4, 0.5) is 17.1 Å². The summed E-state index contributed by atoms with van der Waals surface area (Å²) >= 11 is 0. The first kappa shape index (κ1) is 21.2. The van der Waals surface area contributed by atoms with Crippen molar-refractivity contribution in [1.82, 2.24) is 0 Å². The first-order valence-corrected chi connectivity index (χ1v) is 7.86. The highest BCUT2D eigenvalue weighted by molar-refractivity contribution is 5.45. The third kappa shape index (κ3) is 8.69. The van der Waals surface area contributed by atoms with E-state index in [2.05, 4.69) is 11.7 Å². The fourth-order valence-electron chi connectivity index (χ4n) is 1.75. The minimum atomic E-state index is -0.417. The van der Waals surface area contributed by atoms with E-state index < -0.39 is 9.85 Å². The number of non-ortho nitro benzene ring substituents is 2. The summed E-state index contributed by atoms with van der Waals surface area (Å²) in [5.41, 5.74) is 2.46. The largest absolute Gasteiger partial charge is 0.269 e. The predicted octanol–water partition coefficient (Wildman–Crippen LogP) is 5.52. The van der Waals surface area contributed by atoms with E-state index in [0.29, 0.717) is 0 Å². The zero-order valence-corrected chi connectivity index (χ0v) is 14.8. The predicted molar refractivity (Wildman–Crippen MR) is 107 cm³/mol. The van der Waals surface area contributed by atoms with Crippen LogP contribution in [-0.4, -0.2) is 16.6 Å². The summed E-state index contributed by atoms with van der Waals surface area (Å²) in [6.07, 6.45) is 0. The smallest absolute Gasteiger partial charge is 0.265 e. The summed E-state index contributed by atoms with van der Waals surface area (Å²) in [6.45, 7) is 5.46. The van der Waals surface area contributed by atoms with Crippen LogP contribution in [-0.2, 0) is 0 Å². The molecule has 0 spiro atoms. The molecule has 0 N–H and O–H groups in total. The summed E-state index contributed by atoms with van der Waals surface area (Å²) in [5, 5.41) is 20.0. The monoisotopic (exact) mass is 365 g/mol. The molecular weight excluding hydrogens is 346 g/mol. The lowest BCUT2D eigenvalue weighted by Gasteiger charge is -1.90. The maximum Gasteiger partial charge on any atom is 0.269 e. The topological polar surface area (TPSA) is 98.6 Å². The molecule has 0 bridgehead atoms. The SMILES string of the molecule is C=Nc1ccc(C)cc1.O=[N+]([O-])c1ccccc1.O=[N+]([O-])c1ccccc1. The Morgan fingerprint density at radius 3 is 1.33 bits per heavy atom. The average molecular weight is 365 g/mol. The number of hydrogen-bond donors (Lipinski definition) is 0. The lowest BCUT2D eigenvalue weighted by atomic mass is 10.2. The highest BCUT2D eigenvalue weighted by Gasteiger charge is 1.99. The Kier molecular flexibility index (Phi) is 9.13. The van der Waals surface area contributed by atoms with Gasteiger partial charge in [-0.1, -0.05) is 54.1 Å². The number of nitro groups is 2. The van der Waals surface area contributed by atoms with Gasteiger partial charge in [-0.25, -0.2) is 0 Å². The molecule has 0 radical (unpaired) electrons. The van der Waals surface area contributed by atoms with Crippen LogP contribution in [0.15, 0.2) is 89.9 Å². The zero-order valence-electron chi connectivity index (χ0n) is 14.8. The van der Waals surface area contributed by atoms with E-state index in [1.807, 2.05) is 31.2 Å². The molecule has 0 atom stereocenters. The molecule has 3 rings (SSSR count). The lowest BCUT2D eigenvalue weighted by Crippen LogP contribution is -1.84. The third-order valence-corrected chi connectivity index (χ3v) is 3.15. The second kappa shape index (κ2) is 11.6. The molecule has 7 nitrogen and oxygen atoms in total. The van der Waals surface area contributed by atoms with Gasteiger partial charge in [0.05, 0.1) is 15.5 Å². The summed E-state index contributed by atoms with van der Waals surface area (Å²) in [6, 6.07) is 23.8. The van der Waals surface area contributed by atoms with Crippen molar-refractivity contribution in [1.29, 1.82) is 0 Å². The first-order valence-electron chi connectivity index (χ1n) is 7.86. The summed E-state index contributed by atoms with van der Waals surface area (Å²) in [5.74, 6) is 0. The van der Waals surface area contributed by atoms with Crippen LogP contribution in [0.5, 0.6) is 0 Å². The van der Waals surface area contributed by atoms with Crippen LogP contribution in [0.3, 0.4) is 0 Å². The highest BCUT2D eigenvalue weighted by Crippen LogP contribution is 2.10. The number of nitrogens with zero attached hydrogens (tertiary/aromatic N) is 3. The maximum absolute atomic E-state index is 10.0. The molecule has 0 amide bonds. The van der Waals surface area contributed by atoms with Crippen molar-refractivity contribution in [2.75, 3.05) is 0 Å². The van der Waals surface area contributed by atoms with E-state index in [9.17, 15) is 20.2 Å². The van der Waals surface area contributed by atoms with Gasteiger partial charge in [-0.05, 0) is 25.8 Å². The van der Waals surface area contributed by atoms with Gasteiger partial charge in [0, 0.05) is 24.3 Å². The number of aryl methyl sites for hydroxylation is 1. The summed E-state index contributed by atoms with van der Waals surface area (Å²) in [4.78, 5) is 22.9. The first-order chi connectivity index (χ1) is 12.9. The van der Waals surface area contributed by atoms with Crippen LogP contribution >= 0.6 is 0 Å². The Morgan fingerprint density at radius 2 is 1.07 bits per heavy atom. The van der Waals surface area contributed by atoms with Crippen molar-refractivity contribution in [3.63, 3.8) is 0 Å². The summed E-state index contributed by atoms with van der Waals surface area (Å²) < 4.78 is 0. The molecule has 27 heavy (non-hydrogen) atoms. The molecular formula is C20H19N3O4. The van der Waals surface area contributed by atoms with Gasteiger partial charge in [0.2, 0.25) is 0 Å². The van der Waals surface area contributed by atoms with E-state index in [1.165, 1.54) is 29.8 Å². The van der Waals surface area contributed by atoms with Gasteiger partial charge in [0.25, 0.3) is 11.4 Å². The van der Waals surface area contributed by atoms with Gasteiger partial charge in [0.1, 0.15) is 0 Å². The molecule has 0 aromatic heterocycles. The minimum Gasteiger partial charge on any atom is -0.265 e. The Balaban J connectivity index is 0.000000202. The zero-order chi connectivity index (χ0) is 20.1. The van der Waals surface area contributed by atoms with Gasteiger partial charge >= 0.3 is 0 Å². The van der Waals surface area contributed by atoms with E-state index in [1.54, 1.807) is 36.4 Å². The molecule has 7 heteroatoms. The van der Waals surface area contributed by atoms with Gasteiger partial charge in [-0.3, -0.25) is 25.2 Å². The van der Waals surface area contributed by atoms with Crippen molar-refractivity contribution >= 4 is 23.8 Å². The number of aliphatic imine (C=N–C) groups is 1. The average Bonchev–Trinajstić information content (AvgIpc) is 2.71. The van der Waals surface area contributed by atoms with E-state index in [4.69, 9.17) is 0 Å². The van der Waals surface area contributed by atoms with Crippen molar-refractivity contribution in [2.45, 2.75) is 6.92 Å². The van der Waals surface area contributed by atoms with Crippen molar-refractivity contribution in [3.8, 4) is 0 Å². The second-order valence-corrected chi connectivity index (χ2v) is 5.18. The molecule has 138 valence electrons. The molecule has 3 aromatic carbocycles. The van der Waals surface area contributed by atoms with Crippen molar-refractivity contribution in [2.24, 2.45) is 4.99 Å². The fraction of sp³-hybridized carbons (Fsp3) is 0.0500. The van der Waals surface area contributed by atoms with Crippen LogP contribution in [0, 0.1) is 27.2 Å². The van der Waals surface area contributed by atoms with Gasteiger partial charge in [-0.2, -0.15) is 0 Å². The standard InChI is InChI=1S/C8H9N.2C6H5NO2/c1-7-3-5-8(9-2)6-4-7;2*8-7(9)6-4-2-1-3-5-6/h3-6H,2H2,1H3;2*1-5H. The Bertz CT molecular complexity index is 802. The molecule has 0 saturated heterocycles. The number of hydrogen-bond acceptors (Lipinski definition) is 5. The van der Waals surface area contributed by atoms with Gasteiger partial charge in [0.15, 0.2) is 0 Å². The molecule has 0 aliphatic heterocycles. The quantitative estimate of drug-likeness (QED) is 0.347. The number of nitro benzene ring substituents is 2. The van der Waals surface area contributed by atoms with Crippen LogP contribution in [0.1, 0.15) is 5.56 Å². The Hall–Kier alpha value is -3.87. The van der Waals surface area contributed by atoms with E-state index >= 15 is 0 Å². The molecule has 0 unspecified atom stereocenters. The minimum absolute atomic E-state index is 0.137. The number of rotatable bonds is 3. The highest BCUT2D eigenvalue weighted by atomic mass is 16.6. The molecule has 0 fully saturated rings. The van der Waals surface area contributed by atoms with E-state index in [0.717, 1.165) is 5.69 Å². The van der Waals surface area contributed by atoms with Crippen molar-refractivity contribution < 1.29 is 9.85 Å². The molecule has 0 heterocycles. The van der Waals surface area contributed by atoms with Crippen LogP contribution < -0.4 is 0 Å². The number of para-hydroxylation sites is 2. The normalized spacial score (nSPS) is 8.93. The Morgan fingerprint density at radius 1 is 0.704 bits per heavy atom. The maximum atomic E-state index is 10.0. The second-order valence-electron chi connectivity index (χ2n) is 5.18. The number of benzene rings is 3. The molecule has 0 aliphatic carbocycles. The fourth-order valence-corrected chi connectivity index (χ4v) is 1.75.